The maximum atomic E-state index is 12.9. The van der Waals surface area contributed by atoms with Crippen molar-refractivity contribution in [1.82, 2.24) is 0 Å². The van der Waals surface area contributed by atoms with Crippen LogP contribution in [0.3, 0.4) is 0 Å². The molecular formula is C9H15F. The number of halogens is 1. The summed E-state index contributed by atoms with van der Waals surface area (Å²) in [6, 6.07) is 0. The summed E-state index contributed by atoms with van der Waals surface area (Å²) in [5.41, 5.74) is 1.83. The Morgan fingerprint density at radius 3 is 2.10 bits per heavy atom. The zero-order valence-corrected chi connectivity index (χ0v) is 7.16. The van der Waals surface area contributed by atoms with Crippen LogP contribution in [0.15, 0.2) is 23.0 Å². The Morgan fingerprint density at radius 1 is 1.30 bits per heavy atom. The molecule has 0 saturated carbocycles. The van der Waals surface area contributed by atoms with Crippen molar-refractivity contribution in [1.29, 1.82) is 0 Å². The van der Waals surface area contributed by atoms with Crippen LogP contribution in [0, 0.1) is 0 Å². The topological polar surface area (TPSA) is 0 Å². The van der Waals surface area contributed by atoms with Crippen molar-refractivity contribution < 1.29 is 4.39 Å². The summed E-state index contributed by atoms with van der Waals surface area (Å²) in [7, 11) is 0. The van der Waals surface area contributed by atoms with Crippen LogP contribution in [-0.4, -0.2) is 0 Å². The molecule has 0 bridgehead atoms. The number of hydrogen-bond acceptors (Lipinski definition) is 0. The van der Waals surface area contributed by atoms with E-state index in [0.717, 1.165) is 17.6 Å². The molecule has 0 heterocycles. The van der Waals surface area contributed by atoms with Crippen molar-refractivity contribution in [2.45, 2.75) is 34.1 Å². The van der Waals surface area contributed by atoms with Crippen LogP contribution < -0.4 is 0 Å². The van der Waals surface area contributed by atoms with E-state index in [1.54, 1.807) is 6.08 Å². The van der Waals surface area contributed by atoms with Gasteiger partial charge in [0.15, 0.2) is 0 Å². The molecule has 0 spiro atoms. The fourth-order valence-corrected chi connectivity index (χ4v) is 0.546. The van der Waals surface area contributed by atoms with Crippen molar-refractivity contribution >= 4 is 0 Å². The average Bonchev–Trinajstić information content (AvgIpc) is 1.85. The highest BCUT2D eigenvalue weighted by Crippen LogP contribution is 2.11. The second-order valence-electron chi connectivity index (χ2n) is 2.70. The van der Waals surface area contributed by atoms with E-state index in [2.05, 4.69) is 0 Å². The molecule has 0 atom stereocenters. The summed E-state index contributed by atoms with van der Waals surface area (Å²) in [4.78, 5) is 0. The minimum Gasteiger partial charge on any atom is -0.207 e. The van der Waals surface area contributed by atoms with E-state index in [9.17, 15) is 4.39 Å². The van der Waals surface area contributed by atoms with Gasteiger partial charge in [0.1, 0.15) is 5.83 Å². The Morgan fingerprint density at radius 2 is 1.80 bits per heavy atom. The van der Waals surface area contributed by atoms with Gasteiger partial charge in [-0.15, -0.1) is 0 Å². The van der Waals surface area contributed by atoms with E-state index in [0.29, 0.717) is 0 Å². The van der Waals surface area contributed by atoms with Gasteiger partial charge in [-0.2, -0.15) is 0 Å². The SMILES string of the molecule is CC/C(C)=C(/F)C=C(C)C. The molecular weight excluding hydrogens is 127 g/mol. The van der Waals surface area contributed by atoms with Crippen molar-refractivity contribution in [2.24, 2.45) is 0 Å². The zero-order chi connectivity index (χ0) is 8.15. The van der Waals surface area contributed by atoms with Gasteiger partial charge in [-0.25, -0.2) is 4.39 Å². The third-order valence-electron chi connectivity index (χ3n) is 1.35. The van der Waals surface area contributed by atoms with Crippen LogP contribution in [0.4, 0.5) is 4.39 Å². The fourth-order valence-electron chi connectivity index (χ4n) is 0.546. The van der Waals surface area contributed by atoms with Crippen molar-refractivity contribution in [2.75, 3.05) is 0 Å². The van der Waals surface area contributed by atoms with Crippen molar-refractivity contribution in [3.8, 4) is 0 Å². The molecule has 0 unspecified atom stereocenters. The standard InChI is InChI=1S/C9H15F/c1-5-8(4)9(10)6-7(2)3/h6H,5H2,1-4H3/b9-8+. The van der Waals surface area contributed by atoms with Crippen molar-refractivity contribution in [3.63, 3.8) is 0 Å². The summed E-state index contributed by atoms with van der Waals surface area (Å²) in [6.45, 7) is 7.55. The molecule has 0 radical (unpaired) electrons. The Hall–Kier alpha value is -0.590. The molecule has 0 N–H and O–H groups in total. The number of hydrogen-bond donors (Lipinski definition) is 0. The zero-order valence-electron chi connectivity index (χ0n) is 7.16. The Labute approximate surface area is 62.4 Å². The molecule has 0 aromatic heterocycles. The Balaban J connectivity index is 4.33. The molecule has 58 valence electrons. The molecule has 10 heavy (non-hydrogen) atoms. The van der Waals surface area contributed by atoms with Crippen molar-refractivity contribution in [3.05, 3.63) is 23.0 Å². The Kier molecular flexibility index (Phi) is 4.01. The highest BCUT2D eigenvalue weighted by atomic mass is 19.1. The highest BCUT2D eigenvalue weighted by Gasteiger charge is 1.93. The first kappa shape index (κ1) is 9.41. The molecule has 0 aromatic carbocycles. The summed E-state index contributed by atoms with van der Waals surface area (Å²) < 4.78 is 12.9. The van der Waals surface area contributed by atoms with E-state index in [1.165, 1.54) is 0 Å². The number of allylic oxidation sites excluding steroid dienone is 4. The number of rotatable bonds is 2. The van der Waals surface area contributed by atoms with E-state index >= 15 is 0 Å². The predicted molar refractivity (Wildman–Crippen MR) is 43.5 cm³/mol. The van der Waals surface area contributed by atoms with Gasteiger partial charge < -0.3 is 0 Å². The first-order valence-electron chi connectivity index (χ1n) is 3.58. The minimum absolute atomic E-state index is 0.0810. The molecule has 0 nitrogen and oxygen atoms in total. The molecule has 0 amide bonds. The molecule has 0 saturated heterocycles. The van der Waals surface area contributed by atoms with Crippen LogP contribution in [-0.2, 0) is 0 Å². The van der Waals surface area contributed by atoms with Gasteiger partial charge in [-0.1, -0.05) is 12.5 Å². The van der Waals surface area contributed by atoms with Gasteiger partial charge in [-0.3, -0.25) is 0 Å². The molecule has 0 rings (SSSR count). The van der Waals surface area contributed by atoms with Crippen LogP contribution in [0.2, 0.25) is 0 Å². The van der Waals surface area contributed by atoms with Crippen LogP contribution in [0.5, 0.6) is 0 Å². The van der Waals surface area contributed by atoms with Gasteiger partial charge in [0, 0.05) is 0 Å². The summed E-state index contributed by atoms with van der Waals surface area (Å²) in [5.74, 6) is -0.0810. The summed E-state index contributed by atoms with van der Waals surface area (Å²) >= 11 is 0. The van der Waals surface area contributed by atoms with Crippen LogP contribution in [0.1, 0.15) is 34.1 Å². The quantitative estimate of drug-likeness (QED) is 0.517. The minimum atomic E-state index is -0.0810. The van der Waals surface area contributed by atoms with Gasteiger partial charge in [0.05, 0.1) is 0 Å². The maximum absolute atomic E-state index is 12.9. The lowest BCUT2D eigenvalue weighted by molar-refractivity contribution is 0.646. The molecule has 0 aliphatic rings. The maximum Gasteiger partial charge on any atom is 0.122 e. The average molecular weight is 142 g/mol. The van der Waals surface area contributed by atoms with Gasteiger partial charge in [-0.05, 0) is 38.8 Å². The van der Waals surface area contributed by atoms with E-state index in [1.807, 2.05) is 27.7 Å². The van der Waals surface area contributed by atoms with Crippen LogP contribution in [0.25, 0.3) is 0 Å². The van der Waals surface area contributed by atoms with Crippen LogP contribution >= 0.6 is 0 Å². The first-order chi connectivity index (χ1) is 4.57. The highest BCUT2D eigenvalue weighted by molar-refractivity contribution is 5.20. The Bertz CT molecular complexity index is 160. The van der Waals surface area contributed by atoms with E-state index < -0.39 is 0 Å². The van der Waals surface area contributed by atoms with E-state index in [4.69, 9.17) is 0 Å². The van der Waals surface area contributed by atoms with Gasteiger partial charge in [0.2, 0.25) is 0 Å². The normalized spacial score (nSPS) is 12.5. The fraction of sp³-hybridized carbons (Fsp3) is 0.556. The molecule has 0 aliphatic carbocycles. The smallest absolute Gasteiger partial charge is 0.122 e. The molecule has 0 fully saturated rings. The summed E-state index contributed by atoms with van der Waals surface area (Å²) in [5, 5.41) is 0. The third kappa shape index (κ3) is 3.44. The molecule has 1 heteroatoms. The molecule has 0 aliphatic heterocycles. The predicted octanol–water partition coefficient (Wildman–Crippen LogP) is 3.61. The van der Waals surface area contributed by atoms with Gasteiger partial charge in [0.25, 0.3) is 0 Å². The second kappa shape index (κ2) is 4.26. The lowest BCUT2D eigenvalue weighted by Crippen LogP contribution is -1.77. The molecule has 0 aromatic rings. The van der Waals surface area contributed by atoms with Gasteiger partial charge >= 0.3 is 0 Å². The second-order valence-corrected chi connectivity index (χ2v) is 2.70. The lowest BCUT2D eigenvalue weighted by Gasteiger charge is -1.95. The summed E-state index contributed by atoms with van der Waals surface area (Å²) in [6.07, 6.45) is 2.36. The lowest BCUT2D eigenvalue weighted by atomic mass is 10.2. The third-order valence-corrected chi connectivity index (χ3v) is 1.35. The largest absolute Gasteiger partial charge is 0.207 e. The van der Waals surface area contributed by atoms with E-state index in [-0.39, 0.29) is 5.83 Å². The first-order valence-corrected chi connectivity index (χ1v) is 3.58. The monoisotopic (exact) mass is 142 g/mol.